The smallest absolute Gasteiger partial charge is 0.434 e. The van der Waals surface area contributed by atoms with E-state index in [0.29, 0.717) is 38.0 Å². The Bertz CT molecular complexity index is 1110. The fourth-order valence-corrected chi connectivity index (χ4v) is 5.77. The number of carbonyl (C=O) groups excluding carboxylic acids is 1. The molecule has 1 spiro atoms. The van der Waals surface area contributed by atoms with Gasteiger partial charge in [0.25, 0.3) is 6.10 Å². The first-order valence-electron chi connectivity index (χ1n) is 12.9. The Morgan fingerprint density at radius 2 is 1.56 bits per heavy atom. The molecular formula is C25H28F9N3O4. The normalized spacial score (nSPS) is 22.1. The fraction of sp³-hybridized carbons (Fsp3) is 0.680. The topological polar surface area (TPSA) is 73.3 Å². The molecule has 0 aromatic heterocycles. The average Bonchev–Trinajstić information content (AvgIpc) is 2.84. The highest BCUT2D eigenvalue weighted by Crippen LogP contribution is 2.43. The van der Waals surface area contributed by atoms with E-state index in [-0.39, 0.29) is 50.1 Å². The number of hydrogen-bond donors (Lipinski definition) is 1. The number of anilines is 1. The number of carbonyl (C=O) groups is 2. The van der Waals surface area contributed by atoms with Gasteiger partial charge in [0.1, 0.15) is 0 Å². The molecule has 3 saturated heterocycles. The van der Waals surface area contributed by atoms with Gasteiger partial charge in [-0.3, -0.25) is 9.69 Å². The van der Waals surface area contributed by atoms with Crippen LogP contribution in [0.2, 0.25) is 0 Å². The van der Waals surface area contributed by atoms with Crippen molar-refractivity contribution in [2.24, 2.45) is 11.3 Å². The third-order valence-electron chi connectivity index (χ3n) is 7.86. The minimum Gasteiger partial charge on any atom is -0.481 e. The SMILES string of the molecule is O=C(O)[C@H]1CCCN(c2cc(CN3CC4(CCN(C(=O)OC(C(F)(F)F)C(F)(F)F)CC4)C3)cc(C(F)(F)F)c2)C1. The molecule has 0 unspecified atom stereocenters. The van der Waals surface area contributed by atoms with Gasteiger partial charge in [-0.25, -0.2) is 4.79 Å². The number of hydrogen-bond acceptors (Lipinski definition) is 5. The molecular weight excluding hydrogens is 577 g/mol. The van der Waals surface area contributed by atoms with Crippen LogP contribution in [0, 0.1) is 11.3 Å². The molecule has 0 saturated carbocycles. The van der Waals surface area contributed by atoms with Gasteiger partial charge in [0.2, 0.25) is 0 Å². The van der Waals surface area contributed by atoms with Crippen molar-refractivity contribution in [3.8, 4) is 0 Å². The number of carboxylic acid groups (broad SMARTS) is 1. The Hall–Kier alpha value is -2.91. The van der Waals surface area contributed by atoms with E-state index >= 15 is 0 Å². The number of benzene rings is 1. The number of carboxylic acids is 1. The van der Waals surface area contributed by atoms with Crippen LogP contribution < -0.4 is 4.90 Å². The third kappa shape index (κ3) is 7.30. The molecule has 3 aliphatic rings. The molecule has 0 aliphatic carbocycles. The minimum absolute atomic E-state index is 0.0918. The van der Waals surface area contributed by atoms with E-state index in [4.69, 9.17) is 0 Å². The maximum Gasteiger partial charge on any atom is 0.434 e. The van der Waals surface area contributed by atoms with Gasteiger partial charge in [0, 0.05) is 51.5 Å². The molecule has 0 radical (unpaired) electrons. The zero-order valence-electron chi connectivity index (χ0n) is 21.6. The molecule has 3 aliphatic heterocycles. The number of halogens is 9. The summed E-state index contributed by atoms with van der Waals surface area (Å²) in [5, 5.41) is 9.34. The van der Waals surface area contributed by atoms with Crippen molar-refractivity contribution in [3.05, 3.63) is 29.3 Å². The number of rotatable bonds is 5. The molecule has 7 nitrogen and oxygen atoms in total. The number of alkyl halides is 9. The van der Waals surface area contributed by atoms with Crippen LogP contribution in [0.5, 0.6) is 0 Å². The molecule has 16 heteroatoms. The van der Waals surface area contributed by atoms with Gasteiger partial charge in [-0.1, -0.05) is 0 Å². The zero-order chi connectivity index (χ0) is 30.4. The van der Waals surface area contributed by atoms with E-state index in [2.05, 4.69) is 4.74 Å². The molecule has 1 atom stereocenters. The summed E-state index contributed by atoms with van der Waals surface area (Å²) in [5.41, 5.74) is -0.594. The maximum atomic E-state index is 13.7. The summed E-state index contributed by atoms with van der Waals surface area (Å²) < 4.78 is 121. The first-order chi connectivity index (χ1) is 18.9. The van der Waals surface area contributed by atoms with Crippen molar-refractivity contribution in [2.45, 2.75) is 56.9 Å². The van der Waals surface area contributed by atoms with Crippen molar-refractivity contribution in [2.75, 3.05) is 44.2 Å². The summed E-state index contributed by atoms with van der Waals surface area (Å²) in [6.07, 6.45) is -20.7. The molecule has 0 bridgehead atoms. The Balaban J connectivity index is 1.36. The molecule has 41 heavy (non-hydrogen) atoms. The van der Waals surface area contributed by atoms with Crippen LogP contribution >= 0.6 is 0 Å². The first-order valence-corrected chi connectivity index (χ1v) is 12.9. The molecule has 230 valence electrons. The quantitative estimate of drug-likeness (QED) is 0.445. The molecule has 3 heterocycles. The summed E-state index contributed by atoms with van der Waals surface area (Å²) in [6, 6.07) is 3.63. The molecule has 1 aromatic rings. The van der Waals surface area contributed by atoms with Gasteiger partial charge >= 0.3 is 30.6 Å². The third-order valence-corrected chi connectivity index (χ3v) is 7.86. The van der Waals surface area contributed by atoms with E-state index in [9.17, 15) is 54.2 Å². The second kappa shape index (κ2) is 11.1. The van der Waals surface area contributed by atoms with E-state index in [0.717, 1.165) is 17.0 Å². The number of piperidine rings is 2. The minimum atomic E-state index is -5.81. The maximum absolute atomic E-state index is 13.7. The van der Waals surface area contributed by atoms with Gasteiger partial charge < -0.3 is 19.6 Å². The monoisotopic (exact) mass is 605 g/mol. The summed E-state index contributed by atoms with van der Waals surface area (Å²) in [5.74, 6) is -1.69. The van der Waals surface area contributed by atoms with Gasteiger partial charge in [0.15, 0.2) is 0 Å². The van der Waals surface area contributed by atoms with E-state index in [1.807, 2.05) is 4.90 Å². The fourth-order valence-electron chi connectivity index (χ4n) is 5.77. The number of aliphatic carboxylic acids is 1. The van der Waals surface area contributed by atoms with Crippen LogP contribution in [-0.2, 0) is 22.3 Å². The Morgan fingerprint density at radius 1 is 0.951 bits per heavy atom. The van der Waals surface area contributed by atoms with Crippen molar-refractivity contribution in [3.63, 3.8) is 0 Å². The summed E-state index contributed by atoms with van der Waals surface area (Å²) >= 11 is 0. The van der Waals surface area contributed by atoms with Crippen LogP contribution in [0.4, 0.5) is 50.0 Å². The molecule has 1 aromatic carbocycles. The second-order valence-corrected chi connectivity index (χ2v) is 11.0. The van der Waals surface area contributed by atoms with Crippen molar-refractivity contribution in [1.82, 2.24) is 9.80 Å². The lowest BCUT2D eigenvalue weighted by molar-refractivity contribution is -0.308. The zero-order valence-corrected chi connectivity index (χ0v) is 21.6. The second-order valence-electron chi connectivity index (χ2n) is 11.0. The lowest BCUT2D eigenvalue weighted by atomic mass is 9.72. The molecule has 1 amide bonds. The molecule has 1 N–H and O–H groups in total. The van der Waals surface area contributed by atoms with E-state index in [1.54, 1.807) is 11.0 Å². The first kappa shape index (κ1) is 31.0. The number of nitrogens with zero attached hydrogens (tertiary/aromatic N) is 3. The molecule has 4 rings (SSSR count). The van der Waals surface area contributed by atoms with E-state index in [1.165, 1.54) is 0 Å². The highest BCUT2D eigenvalue weighted by molar-refractivity contribution is 5.71. The number of amides is 1. The predicted octanol–water partition coefficient (Wildman–Crippen LogP) is 5.53. The summed E-state index contributed by atoms with van der Waals surface area (Å²) in [7, 11) is 0. The van der Waals surface area contributed by atoms with Crippen molar-refractivity contribution < 1.29 is 58.9 Å². The Labute approximate surface area is 228 Å². The van der Waals surface area contributed by atoms with Gasteiger partial charge in [-0.15, -0.1) is 0 Å². The van der Waals surface area contributed by atoms with Crippen LogP contribution in [-0.4, -0.2) is 84.7 Å². The lowest BCUT2D eigenvalue weighted by Gasteiger charge is -2.54. The summed E-state index contributed by atoms with van der Waals surface area (Å²) in [4.78, 5) is 27.7. The highest BCUT2D eigenvalue weighted by atomic mass is 19.4. The standard InChI is InChI=1S/C25H28F9N3O4/c26-23(27,28)17-8-15(9-18(10-17)37-5-1-2-16(12-37)19(38)39)11-35-13-22(14-35)3-6-36(7-4-22)21(40)41-20(24(29,30)31)25(32,33)34/h8-10,16,20H,1-7,11-14H2,(H,38,39)/t16-/m0/s1. The lowest BCUT2D eigenvalue weighted by Crippen LogP contribution is -2.60. The largest absolute Gasteiger partial charge is 0.481 e. The summed E-state index contributed by atoms with van der Waals surface area (Å²) in [6.45, 7) is 1.25. The van der Waals surface area contributed by atoms with Gasteiger partial charge in [-0.05, 0) is 54.9 Å². The van der Waals surface area contributed by atoms with Crippen LogP contribution in [0.3, 0.4) is 0 Å². The highest BCUT2D eigenvalue weighted by Gasteiger charge is 2.60. The van der Waals surface area contributed by atoms with Crippen molar-refractivity contribution >= 4 is 17.7 Å². The number of likely N-dealkylation sites (tertiary alicyclic amines) is 2. The van der Waals surface area contributed by atoms with Gasteiger partial charge in [0.05, 0.1) is 11.5 Å². The average molecular weight is 605 g/mol. The van der Waals surface area contributed by atoms with E-state index < -0.39 is 48.2 Å². The molecule has 3 fully saturated rings. The number of ether oxygens (including phenoxy) is 1. The van der Waals surface area contributed by atoms with Gasteiger partial charge in [-0.2, -0.15) is 39.5 Å². The van der Waals surface area contributed by atoms with Crippen LogP contribution in [0.15, 0.2) is 18.2 Å². The van der Waals surface area contributed by atoms with Crippen LogP contribution in [0.25, 0.3) is 0 Å². The van der Waals surface area contributed by atoms with Crippen molar-refractivity contribution in [1.29, 1.82) is 0 Å². The van der Waals surface area contributed by atoms with Crippen LogP contribution in [0.1, 0.15) is 36.8 Å². The predicted molar refractivity (Wildman–Crippen MR) is 125 cm³/mol. The Kier molecular flexibility index (Phi) is 8.37. The Morgan fingerprint density at radius 3 is 2.10 bits per heavy atom.